The number of nitrogens with zero attached hydrogens (tertiary/aromatic N) is 1. The van der Waals surface area contributed by atoms with Gasteiger partial charge in [0.15, 0.2) is 0 Å². The van der Waals surface area contributed by atoms with E-state index in [2.05, 4.69) is 5.32 Å². The number of carbonyl (C=O) groups excluding carboxylic acids is 2. The van der Waals surface area contributed by atoms with Gasteiger partial charge in [0.25, 0.3) is 0 Å². The van der Waals surface area contributed by atoms with Gasteiger partial charge in [-0.3, -0.25) is 14.5 Å². The SMILES string of the molecule is CNCCN1C(=O)CC(C)CC1=O. The van der Waals surface area contributed by atoms with Crippen molar-refractivity contribution in [3.05, 3.63) is 0 Å². The topological polar surface area (TPSA) is 49.4 Å². The fraction of sp³-hybridized carbons (Fsp3) is 0.778. The van der Waals surface area contributed by atoms with Gasteiger partial charge in [0.2, 0.25) is 11.8 Å². The maximum absolute atomic E-state index is 11.4. The lowest BCUT2D eigenvalue weighted by Gasteiger charge is -2.28. The van der Waals surface area contributed by atoms with Crippen molar-refractivity contribution in [2.75, 3.05) is 20.1 Å². The molecule has 2 amide bonds. The van der Waals surface area contributed by atoms with Gasteiger partial charge in [0, 0.05) is 25.9 Å². The summed E-state index contributed by atoms with van der Waals surface area (Å²) in [6.45, 7) is 3.11. The summed E-state index contributed by atoms with van der Waals surface area (Å²) in [5.41, 5.74) is 0. The Balaban J connectivity index is 2.52. The van der Waals surface area contributed by atoms with Crippen LogP contribution in [0.2, 0.25) is 0 Å². The van der Waals surface area contributed by atoms with E-state index in [-0.39, 0.29) is 17.7 Å². The number of hydrogen-bond acceptors (Lipinski definition) is 3. The summed E-state index contributed by atoms with van der Waals surface area (Å²) >= 11 is 0. The van der Waals surface area contributed by atoms with E-state index in [4.69, 9.17) is 0 Å². The number of carbonyl (C=O) groups is 2. The van der Waals surface area contributed by atoms with E-state index in [1.54, 1.807) is 0 Å². The van der Waals surface area contributed by atoms with Gasteiger partial charge in [0.1, 0.15) is 0 Å². The average Bonchev–Trinajstić information content (AvgIpc) is 2.02. The van der Waals surface area contributed by atoms with Crippen molar-refractivity contribution in [1.82, 2.24) is 10.2 Å². The molecular formula is C9H16N2O2. The molecule has 4 heteroatoms. The average molecular weight is 184 g/mol. The first-order chi connectivity index (χ1) is 6.15. The summed E-state index contributed by atoms with van der Waals surface area (Å²) in [4.78, 5) is 24.2. The highest BCUT2D eigenvalue weighted by Gasteiger charge is 2.29. The largest absolute Gasteiger partial charge is 0.318 e. The summed E-state index contributed by atoms with van der Waals surface area (Å²) in [7, 11) is 1.81. The number of nitrogens with one attached hydrogen (secondary N) is 1. The summed E-state index contributed by atoms with van der Waals surface area (Å²) in [6.07, 6.45) is 1.02. The Kier molecular flexibility index (Phi) is 3.42. The standard InChI is InChI=1S/C9H16N2O2/c1-7-5-8(12)11(4-3-10-2)9(13)6-7/h7,10H,3-6H2,1-2H3. The van der Waals surface area contributed by atoms with Crippen LogP contribution in [0.15, 0.2) is 0 Å². The van der Waals surface area contributed by atoms with Crippen molar-refractivity contribution in [1.29, 1.82) is 0 Å². The van der Waals surface area contributed by atoms with Crippen LogP contribution in [0.4, 0.5) is 0 Å². The van der Waals surface area contributed by atoms with Crippen LogP contribution >= 0.6 is 0 Å². The minimum atomic E-state index is -0.0287. The van der Waals surface area contributed by atoms with Crippen molar-refractivity contribution in [3.8, 4) is 0 Å². The molecule has 1 N–H and O–H groups in total. The minimum absolute atomic E-state index is 0.0287. The predicted octanol–water partition coefficient (Wildman–Crippen LogP) is -0.00910. The van der Waals surface area contributed by atoms with Crippen LogP contribution in [-0.4, -0.2) is 36.9 Å². The number of likely N-dealkylation sites (N-methyl/N-ethyl adjacent to an activating group) is 1. The lowest BCUT2D eigenvalue weighted by atomic mass is 9.98. The summed E-state index contributed by atoms with van der Waals surface area (Å²) in [5, 5.41) is 2.92. The van der Waals surface area contributed by atoms with E-state index in [1.165, 1.54) is 4.90 Å². The Morgan fingerprint density at radius 1 is 1.38 bits per heavy atom. The molecular weight excluding hydrogens is 168 g/mol. The molecule has 0 bridgehead atoms. The molecule has 4 nitrogen and oxygen atoms in total. The van der Waals surface area contributed by atoms with E-state index in [0.29, 0.717) is 25.9 Å². The molecule has 13 heavy (non-hydrogen) atoms. The minimum Gasteiger partial charge on any atom is -0.318 e. The van der Waals surface area contributed by atoms with Crippen LogP contribution in [0.5, 0.6) is 0 Å². The number of amides is 2. The summed E-state index contributed by atoms with van der Waals surface area (Å²) < 4.78 is 0. The number of hydrogen-bond donors (Lipinski definition) is 1. The van der Waals surface area contributed by atoms with Gasteiger partial charge < -0.3 is 5.32 Å². The molecule has 0 saturated carbocycles. The summed E-state index contributed by atoms with van der Waals surface area (Å²) in [5.74, 6) is 0.156. The molecule has 74 valence electrons. The lowest BCUT2D eigenvalue weighted by Crippen LogP contribution is -2.45. The molecule has 0 aromatic rings. The van der Waals surface area contributed by atoms with Crippen molar-refractivity contribution < 1.29 is 9.59 Å². The normalized spacial score (nSPS) is 19.7. The Labute approximate surface area is 78.3 Å². The van der Waals surface area contributed by atoms with Crippen LogP contribution in [0.1, 0.15) is 19.8 Å². The fourth-order valence-corrected chi connectivity index (χ4v) is 1.50. The highest BCUT2D eigenvalue weighted by molar-refractivity contribution is 5.97. The molecule has 0 aromatic carbocycles. The smallest absolute Gasteiger partial charge is 0.229 e. The summed E-state index contributed by atoms with van der Waals surface area (Å²) in [6, 6.07) is 0. The zero-order valence-corrected chi connectivity index (χ0v) is 8.17. The first kappa shape index (κ1) is 10.2. The van der Waals surface area contributed by atoms with Crippen LogP contribution in [0.3, 0.4) is 0 Å². The zero-order chi connectivity index (χ0) is 9.84. The first-order valence-corrected chi connectivity index (χ1v) is 4.63. The number of rotatable bonds is 3. The third-order valence-corrected chi connectivity index (χ3v) is 2.23. The molecule has 1 saturated heterocycles. The molecule has 1 aliphatic heterocycles. The Morgan fingerprint density at radius 2 is 1.92 bits per heavy atom. The third kappa shape index (κ3) is 2.52. The maximum atomic E-state index is 11.4. The molecule has 1 rings (SSSR count). The van der Waals surface area contributed by atoms with Crippen LogP contribution in [0.25, 0.3) is 0 Å². The Hall–Kier alpha value is -0.900. The van der Waals surface area contributed by atoms with Crippen LogP contribution in [0, 0.1) is 5.92 Å². The van der Waals surface area contributed by atoms with Crippen LogP contribution < -0.4 is 5.32 Å². The van der Waals surface area contributed by atoms with E-state index in [1.807, 2.05) is 14.0 Å². The highest BCUT2D eigenvalue weighted by Crippen LogP contribution is 2.17. The van der Waals surface area contributed by atoms with Gasteiger partial charge in [-0.2, -0.15) is 0 Å². The van der Waals surface area contributed by atoms with E-state index in [0.717, 1.165) is 0 Å². The number of imide groups is 1. The monoisotopic (exact) mass is 184 g/mol. The van der Waals surface area contributed by atoms with Crippen molar-refractivity contribution in [3.63, 3.8) is 0 Å². The fourth-order valence-electron chi connectivity index (χ4n) is 1.50. The quantitative estimate of drug-likeness (QED) is 0.628. The van der Waals surface area contributed by atoms with Gasteiger partial charge in [-0.25, -0.2) is 0 Å². The van der Waals surface area contributed by atoms with E-state index in [9.17, 15) is 9.59 Å². The second kappa shape index (κ2) is 4.37. The highest BCUT2D eigenvalue weighted by atomic mass is 16.2. The molecule has 0 aliphatic carbocycles. The van der Waals surface area contributed by atoms with Gasteiger partial charge in [0.05, 0.1) is 0 Å². The molecule has 0 unspecified atom stereocenters. The molecule has 0 aromatic heterocycles. The van der Waals surface area contributed by atoms with Gasteiger partial charge in [-0.15, -0.1) is 0 Å². The number of piperidine rings is 1. The number of likely N-dealkylation sites (tertiary alicyclic amines) is 1. The van der Waals surface area contributed by atoms with Crippen molar-refractivity contribution >= 4 is 11.8 Å². The maximum Gasteiger partial charge on any atom is 0.229 e. The van der Waals surface area contributed by atoms with Crippen molar-refractivity contribution in [2.24, 2.45) is 5.92 Å². The Morgan fingerprint density at radius 3 is 2.38 bits per heavy atom. The molecule has 1 fully saturated rings. The van der Waals surface area contributed by atoms with E-state index >= 15 is 0 Å². The molecule has 1 aliphatic rings. The molecule has 0 spiro atoms. The zero-order valence-electron chi connectivity index (χ0n) is 8.17. The predicted molar refractivity (Wildman–Crippen MR) is 49.0 cm³/mol. The van der Waals surface area contributed by atoms with Gasteiger partial charge in [-0.05, 0) is 13.0 Å². The molecule has 0 radical (unpaired) electrons. The first-order valence-electron chi connectivity index (χ1n) is 4.63. The molecule has 0 atom stereocenters. The second-order valence-corrected chi connectivity index (χ2v) is 3.56. The van der Waals surface area contributed by atoms with Crippen LogP contribution in [-0.2, 0) is 9.59 Å². The lowest BCUT2D eigenvalue weighted by molar-refractivity contribution is -0.149. The van der Waals surface area contributed by atoms with Crippen molar-refractivity contribution in [2.45, 2.75) is 19.8 Å². The van der Waals surface area contributed by atoms with Gasteiger partial charge in [-0.1, -0.05) is 6.92 Å². The molecule has 1 heterocycles. The third-order valence-electron chi connectivity index (χ3n) is 2.23. The second-order valence-electron chi connectivity index (χ2n) is 3.56. The van der Waals surface area contributed by atoms with E-state index < -0.39 is 0 Å². The van der Waals surface area contributed by atoms with Gasteiger partial charge >= 0.3 is 0 Å². The Bertz CT molecular complexity index is 198.